The van der Waals surface area contributed by atoms with Crippen LogP contribution in [0.4, 0.5) is 0 Å². The van der Waals surface area contributed by atoms with Gasteiger partial charge >= 0.3 is 11.9 Å². The molecule has 0 saturated heterocycles. The molecule has 0 spiro atoms. The predicted molar refractivity (Wildman–Crippen MR) is 97.7 cm³/mol. The van der Waals surface area contributed by atoms with E-state index in [2.05, 4.69) is 13.8 Å². The summed E-state index contributed by atoms with van der Waals surface area (Å²) in [6, 6.07) is 6.64. The van der Waals surface area contributed by atoms with Gasteiger partial charge in [0.05, 0.1) is 17.7 Å². The van der Waals surface area contributed by atoms with E-state index in [0.29, 0.717) is 23.7 Å². The summed E-state index contributed by atoms with van der Waals surface area (Å²) in [7, 11) is 0. The largest absolute Gasteiger partial charge is 0.462 e. The van der Waals surface area contributed by atoms with Crippen LogP contribution in [0, 0.1) is 5.92 Å². The molecule has 1 aliphatic carbocycles. The fraction of sp³-hybridized carbons (Fsp3) is 0.619. The first-order chi connectivity index (χ1) is 12.1. The molecular weight excluding hydrogens is 316 g/mol. The number of carbonyl (C=O) groups is 2. The zero-order chi connectivity index (χ0) is 18.1. The first-order valence-electron chi connectivity index (χ1n) is 9.60. The molecule has 1 saturated carbocycles. The second-order valence-electron chi connectivity index (χ2n) is 6.98. The standard InChI is InChI=1S/C21H30O4/c1-3-4-5-8-14-24-20(22)17-11-9-12-18(15-17)21(23)25-19-13-7-6-10-16(19)2/h9,11-12,15-16,19H,3-8,10,13-14H2,1-2H3. The highest BCUT2D eigenvalue weighted by Gasteiger charge is 2.25. The molecule has 0 aliphatic heterocycles. The van der Waals surface area contributed by atoms with Crippen LogP contribution in [-0.2, 0) is 9.47 Å². The summed E-state index contributed by atoms with van der Waals surface area (Å²) >= 11 is 0. The molecule has 1 aromatic rings. The molecule has 0 bridgehead atoms. The molecule has 25 heavy (non-hydrogen) atoms. The van der Waals surface area contributed by atoms with Crippen LogP contribution in [0.3, 0.4) is 0 Å². The highest BCUT2D eigenvalue weighted by molar-refractivity contribution is 5.95. The van der Waals surface area contributed by atoms with Crippen molar-refractivity contribution in [2.45, 2.75) is 71.3 Å². The van der Waals surface area contributed by atoms with E-state index in [1.807, 2.05) is 0 Å². The molecule has 1 aliphatic rings. The first-order valence-corrected chi connectivity index (χ1v) is 9.60. The summed E-state index contributed by atoms with van der Waals surface area (Å²) in [5.41, 5.74) is 0.819. The molecule has 2 rings (SSSR count). The van der Waals surface area contributed by atoms with Crippen molar-refractivity contribution in [2.75, 3.05) is 6.61 Å². The quantitative estimate of drug-likeness (QED) is 0.482. The lowest BCUT2D eigenvalue weighted by atomic mass is 9.88. The molecule has 0 aromatic heterocycles. The summed E-state index contributed by atoms with van der Waals surface area (Å²) in [6.07, 6.45) is 8.55. The minimum absolute atomic E-state index is 0.0181. The Morgan fingerprint density at radius 2 is 1.76 bits per heavy atom. The molecule has 2 atom stereocenters. The Hall–Kier alpha value is -1.84. The van der Waals surface area contributed by atoms with E-state index in [4.69, 9.17) is 9.47 Å². The summed E-state index contributed by atoms with van der Waals surface area (Å²) in [5.74, 6) is -0.331. The van der Waals surface area contributed by atoms with Crippen LogP contribution in [-0.4, -0.2) is 24.6 Å². The van der Waals surface area contributed by atoms with Crippen molar-refractivity contribution in [3.05, 3.63) is 35.4 Å². The van der Waals surface area contributed by atoms with Gasteiger partial charge in [-0.15, -0.1) is 0 Å². The van der Waals surface area contributed by atoms with Crippen LogP contribution in [0.2, 0.25) is 0 Å². The number of rotatable bonds is 8. The number of ether oxygens (including phenoxy) is 2. The van der Waals surface area contributed by atoms with Gasteiger partial charge in [-0.3, -0.25) is 0 Å². The lowest BCUT2D eigenvalue weighted by Gasteiger charge is -2.28. The first kappa shape index (κ1) is 19.5. The van der Waals surface area contributed by atoms with Gasteiger partial charge in [0.25, 0.3) is 0 Å². The van der Waals surface area contributed by atoms with E-state index in [-0.39, 0.29) is 18.0 Å². The maximum atomic E-state index is 12.4. The number of carbonyl (C=O) groups excluding carboxylic acids is 2. The Morgan fingerprint density at radius 3 is 2.48 bits per heavy atom. The van der Waals surface area contributed by atoms with Gasteiger partial charge in [0.2, 0.25) is 0 Å². The Balaban J connectivity index is 1.88. The fourth-order valence-corrected chi connectivity index (χ4v) is 3.21. The summed E-state index contributed by atoms with van der Waals surface area (Å²) in [6.45, 7) is 4.70. The van der Waals surface area contributed by atoms with Crippen molar-refractivity contribution in [2.24, 2.45) is 5.92 Å². The van der Waals surface area contributed by atoms with Crippen molar-refractivity contribution < 1.29 is 19.1 Å². The lowest BCUT2D eigenvalue weighted by molar-refractivity contribution is 0.00481. The molecule has 2 unspecified atom stereocenters. The third kappa shape index (κ3) is 6.18. The summed E-state index contributed by atoms with van der Waals surface area (Å²) < 4.78 is 10.9. The van der Waals surface area contributed by atoms with E-state index in [1.54, 1.807) is 24.3 Å². The van der Waals surface area contributed by atoms with Crippen LogP contribution in [0.5, 0.6) is 0 Å². The molecule has 0 N–H and O–H groups in total. The minimum atomic E-state index is -0.378. The summed E-state index contributed by atoms with van der Waals surface area (Å²) in [5, 5.41) is 0. The Kier molecular flexibility index (Phi) is 7.96. The van der Waals surface area contributed by atoms with Crippen molar-refractivity contribution in [3.8, 4) is 0 Å². The Labute approximate surface area is 150 Å². The van der Waals surface area contributed by atoms with E-state index in [0.717, 1.165) is 44.9 Å². The maximum Gasteiger partial charge on any atom is 0.338 e. The number of unbranched alkanes of at least 4 members (excludes halogenated alkanes) is 3. The van der Waals surface area contributed by atoms with Crippen LogP contribution in [0.25, 0.3) is 0 Å². The van der Waals surface area contributed by atoms with Crippen molar-refractivity contribution in [1.29, 1.82) is 0 Å². The minimum Gasteiger partial charge on any atom is -0.462 e. The van der Waals surface area contributed by atoms with Gasteiger partial charge in [0, 0.05) is 0 Å². The molecule has 4 heteroatoms. The predicted octanol–water partition coefficient (Wildman–Crippen LogP) is 5.16. The molecule has 4 nitrogen and oxygen atoms in total. The van der Waals surface area contributed by atoms with Crippen LogP contribution < -0.4 is 0 Å². The van der Waals surface area contributed by atoms with Gasteiger partial charge in [-0.1, -0.05) is 45.6 Å². The SMILES string of the molecule is CCCCCCOC(=O)c1cccc(C(=O)OC2CCCCC2C)c1. The van der Waals surface area contributed by atoms with Crippen molar-refractivity contribution >= 4 is 11.9 Å². The third-order valence-corrected chi connectivity index (χ3v) is 4.86. The molecular formula is C21H30O4. The molecule has 1 aromatic carbocycles. The normalized spacial score (nSPS) is 20.1. The van der Waals surface area contributed by atoms with Crippen LogP contribution in [0.1, 0.15) is 85.9 Å². The maximum absolute atomic E-state index is 12.4. The van der Waals surface area contributed by atoms with Crippen molar-refractivity contribution in [3.63, 3.8) is 0 Å². The zero-order valence-electron chi connectivity index (χ0n) is 15.5. The molecule has 0 amide bonds. The Bertz CT molecular complexity index is 567. The van der Waals surface area contributed by atoms with Gasteiger partial charge in [-0.2, -0.15) is 0 Å². The highest BCUT2D eigenvalue weighted by atomic mass is 16.5. The Morgan fingerprint density at radius 1 is 1.04 bits per heavy atom. The lowest BCUT2D eigenvalue weighted by Crippen LogP contribution is -2.28. The topological polar surface area (TPSA) is 52.6 Å². The van der Waals surface area contributed by atoms with E-state index >= 15 is 0 Å². The van der Waals surface area contributed by atoms with E-state index in [9.17, 15) is 9.59 Å². The van der Waals surface area contributed by atoms with Gasteiger partial charge in [0.1, 0.15) is 6.10 Å². The second kappa shape index (κ2) is 10.2. The monoisotopic (exact) mass is 346 g/mol. The van der Waals surface area contributed by atoms with Crippen LogP contribution in [0.15, 0.2) is 24.3 Å². The third-order valence-electron chi connectivity index (χ3n) is 4.86. The number of hydrogen-bond donors (Lipinski definition) is 0. The average Bonchev–Trinajstić information content (AvgIpc) is 2.63. The van der Waals surface area contributed by atoms with E-state index < -0.39 is 0 Å². The van der Waals surface area contributed by atoms with Crippen LogP contribution >= 0.6 is 0 Å². The fourth-order valence-electron chi connectivity index (χ4n) is 3.21. The van der Waals surface area contributed by atoms with Gasteiger partial charge in [0.15, 0.2) is 0 Å². The molecule has 0 radical (unpaired) electrons. The molecule has 1 fully saturated rings. The zero-order valence-corrected chi connectivity index (χ0v) is 15.5. The number of benzene rings is 1. The molecule has 138 valence electrons. The van der Waals surface area contributed by atoms with E-state index in [1.165, 1.54) is 6.42 Å². The average molecular weight is 346 g/mol. The number of hydrogen-bond acceptors (Lipinski definition) is 4. The summed E-state index contributed by atoms with van der Waals surface area (Å²) in [4.78, 5) is 24.5. The molecule has 0 heterocycles. The van der Waals surface area contributed by atoms with Gasteiger partial charge in [-0.05, 0) is 49.8 Å². The second-order valence-corrected chi connectivity index (χ2v) is 6.98. The number of esters is 2. The van der Waals surface area contributed by atoms with Crippen molar-refractivity contribution in [1.82, 2.24) is 0 Å². The van der Waals surface area contributed by atoms with Gasteiger partial charge in [-0.25, -0.2) is 9.59 Å². The van der Waals surface area contributed by atoms with Gasteiger partial charge < -0.3 is 9.47 Å². The smallest absolute Gasteiger partial charge is 0.338 e. The highest BCUT2D eigenvalue weighted by Crippen LogP contribution is 2.27.